The first-order valence-electron chi connectivity index (χ1n) is 6.43. The Morgan fingerprint density at radius 3 is 2.20 bits per heavy atom. The predicted octanol–water partition coefficient (Wildman–Crippen LogP) is 4.68. The fraction of sp³-hybridized carbons (Fsp3) is 0.235. The van der Waals surface area contributed by atoms with Crippen molar-refractivity contribution < 1.29 is 9.90 Å². The van der Waals surface area contributed by atoms with Crippen molar-refractivity contribution in [1.82, 2.24) is 0 Å². The second-order valence-electron chi connectivity index (χ2n) is 5.82. The summed E-state index contributed by atoms with van der Waals surface area (Å²) in [7, 11) is 0. The van der Waals surface area contributed by atoms with E-state index in [1.165, 1.54) is 0 Å². The van der Waals surface area contributed by atoms with Crippen LogP contribution in [0.4, 0.5) is 0 Å². The zero-order valence-electron chi connectivity index (χ0n) is 11.8. The third kappa shape index (κ3) is 3.10. The van der Waals surface area contributed by atoms with Crippen molar-refractivity contribution in [2.45, 2.75) is 26.2 Å². The Kier molecular flexibility index (Phi) is 4.00. The monoisotopic (exact) mass is 332 g/mol. The van der Waals surface area contributed by atoms with Crippen LogP contribution in [0, 0.1) is 0 Å². The lowest BCUT2D eigenvalue weighted by Gasteiger charge is -2.20. The highest BCUT2D eigenvalue weighted by Gasteiger charge is 2.19. The van der Waals surface area contributed by atoms with Gasteiger partial charge in [0.05, 0.1) is 5.56 Å². The molecule has 0 saturated carbocycles. The molecule has 2 rings (SSSR count). The molecule has 0 aliphatic carbocycles. The fourth-order valence-electron chi connectivity index (χ4n) is 1.94. The Labute approximate surface area is 127 Å². The normalized spacial score (nSPS) is 11.4. The number of carbonyl (C=O) groups excluding carboxylic acids is 1. The molecule has 0 radical (unpaired) electrons. The smallest absolute Gasteiger partial charge is 0.196 e. The van der Waals surface area contributed by atoms with Crippen LogP contribution in [0.1, 0.15) is 42.3 Å². The summed E-state index contributed by atoms with van der Waals surface area (Å²) in [4.78, 5) is 12.5. The standard InChI is InChI=1S/C17H17BrO2/c1-17(2,3)12-6-9-15(19)14(10-12)16(20)11-4-7-13(18)8-5-11/h4-10,19H,1-3H3. The van der Waals surface area contributed by atoms with Crippen LogP contribution in [0.2, 0.25) is 0 Å². The number of ketones is 1. The Hall–Kier alpha value is -1.61. The number of carbonyl (C=O) groups is 1. The first-order valence-corrected chi connectivity index (χ1v) is 7.22. The van der Waals surface area contributed by atoms with Crippen LogP contribution in [0.3, 0.4) is 0 Å². The van der Waals surface area contributed by atoms with E-state index in [9.17, 15) is 9.90 Å². The lowest BCUT2D eigenvalue weighted by Crippen LogP contribution is -2.12. The fourth-order valence-corrected chi connectivity index (χ4v) is 2.21. The summed E-state index contributed by atoms with van der Waals surface area (Å²) in [6.45, 7) is 6.23. The van der Waals surface area contributed by atoms with E-state index in [-0.39, 0.29) is 16.9 Å². The van der Waals surface area contributed by atoms with E-state index in [2.05, 4.69) is 36.7 Å². The molecule has 0 spiro atoms. The average Bonchev–Trinajstić information content (AvgIpc) is 2.38. The second kappa shape index (κ2) is 5.41. The topological polar surface area (TPSA) is 37.3 Å². The van der Waals surface area contributed by atoms with E-state index >= 15 is 0 Å². The number of phenolic OH excluding ortho intramolecular Hbond substituents is 1. The molecule has 0 aliphatic heterocycles. The maximum Gasteiger partial charge on any atom is 0.196 e. The van der Waals surface area contributed by atoms with Crippen LogP contribution < -0.4 is 0 Å². The molecule has 0 aliphatic rings. The van der Waals surface area contributed by atoms with Gasteiger partial charge in [-0.15, -0.1) is 0 Å². The molecule has 2 aromatic carbocycles. The van der Waals surface area contributed by atoms with Gasteiger partial charge in [0, 0.05) is 10.0 Å². The largest absolute Gasteiger partial charge is 0.507 e. The minimum Gasteiger partial charge on any atom is -0.507 e. The number of hydrogen-bond acceptors (Lipinski definition) is 2. The Morgan fingerprint density at radius 2 is 1.65 bits per heavy atom. The van der Waals surface area contributed by atoms with Gasteiger partial charge in [-0.05, 0) is 47.4 Å². The molecule has 20 heavy (non-hydrogen) atoms. The Bertz CT molecular complexity index is 637. The van der Waals surface area contributed by atoms with Crippen molar-refractivity contribution in [2.75, 3.05) is 0 Å². The molecule has 0 bridgehead atoms. The number of halogens is 1. The summed E-state index contributed by atoms with van der Waals surface area (Å²) in [5, 5.41) is 9.96. The molecule has 2 aromatic rings. The van der Waals surface area contributed by atoms with Gasteiger partial charge in [0.25, 0.3) is 0 Å². The molecular weight excluding hydrogens is 316 g/mol. The molecule has 0 unspecified atom stereocenters. The molecule has 0 atom stereocenters. The van der Waals surface area contributed by atoms with Crippen LogP contribution in [0.15, 0.2) is 46.9 Å². The molecule has 2 nitrogen and oxygen atoms in total. The van der Waals surface area contributed by atoms with Crippen LogP contribution in [-0.2, 0) is 5.41 Å². The lowest BCUT2D eigenvalue weighted by molar-refractivity contribution is 0.103. The summed E-state index contributed by atoms with van der Waals surface area (Å²) in [5.41, 5.74) is 1.87. The van der Waals surface area contributed by atoms with Crippen LogP contribution in [0.5, 0.6) is 5.75 Å². The zero-order valence-corrected chi connectivity index (χ0v) is 13.4. The van der Waals surface area contributed by atoms with Crippen LogP contribution in [-0.4, -0.2) is 10.9 Å². The van der Waals surface area contributed by atoms with Crippen molar-refractivity contribution in [3.8, 4) is 5.75 Å². The first-order chi connectivity index (χ1) is 9.29. The lowest BCUT2D eigenvalue weighted by atomic mass is 9.85. The van der Waals surface area contributed by atoms with E-state index in [0.29, 0.717) is 11.1 Å². The van der Waals surface area contributed by atoms with E-state index in [0.717, 1.165) is 10.0 Å². The molecular formula is C17H17BrO2. The number of rotatable bonds is 2. The minimum absolute atomic E-state index is 0.0194. The average molecular weight is 333 g/mol. The second-order valence-corrected chi connectivity index (χ2v) is 6.73. The van der Waals surface area contributed by atoms with Gasteiger partial charge in [-0.2, -0.15) is 0 Å². The summed E-state index contributed by atoms with van der Waals surface area (Å²) in [6, 6.07) is 12.3. The van der Waals surface area contributed by atoms with Crippen LogP contribution in [0.25, 0.3) is 0 Å². The molecule has 0 amide bonds. The molecule has 1 N–H and O–H groups in total. The summed E-state index contributed by atoms with van der Waals surface area (Å²) in [6.07, 6.45) is 0. The highest BCUT2D eigenvalue weighted by molar-refractivity contribution is 9.10. The predicted molar refractivity (Wildman–Crippen MR) is 84.4 cm³/mol. The van der Waals surface area contributed by atoms with E-state index in [4.69, 9.17) is 0 Å². The zero-order chi connectivity index (χ0) is 14.9. The highest BCUT2D eigenvalue weighted by Crippen LogP contribution is 2.29. The third-order valence-corrected chi connectivity index (χ3v) is 3.74. The Morgan fingerprint density at radius 1 is 1.05 bits per heavy atom. The van der Waals surface area contributed by atoms with Crippen molar-refractivity contribution in [2.24, 2.45) is 0 Å². The summed E-state index contributed by atoms with van der Waals surface area (Å²) < 4.78 is 0.918. The van der Waals surface area contributed by atoms with E-state index in [1.54, 1.807) is 24.3 Å². The van der Waals surface area contributed by atoms with Gasteiger partial charge in [-0.1, -0.05) is 42.8 Å². The number of aromatic hydroxyl groups is 1. The summed E-state index contributed by atoms with van der Waals surface area (Å²) >= 11 is 3.34. The van der Waals surface area contributed by atoms with Gasteiger partial charge in [0.1, 0.15) is 5.75 Å². The SMILES string of the molecule is CC(C)(C)c1ccc(O)c(C(=O)c2ccc(Br)cc2)c1. The molecule has 3 heteroatoms. The van der Waals surface area contributed by atoms with Gasteiger partial charge >= 0.3 is 0 Å². The number of benzene rings is 2. The Balaban J connectivity index is 2.46. The maximum absolute atomic E-state index is 12.5. The molecule has 0 saturated heterocycles. The molecule has 0 aromatic heterocycles. The van der Waals surface area contributed by atoms with Crippen LogP contribution >= 0.6 is 15.9 Å². The van der Waals surface area contributed by atoms with Gasteiger partial charge in [-0.3, -0.25) is 4.79 Å². The molecule has 0 heterocycles. The molecule has 0 fully saturated rings. The maximum atomic E-state index is 12.5. The minimum atomic E-state index is -0.166. The molecule has 104 valence electrons. The first kappa shape index (κ1) is 14.8. The van der Waals surface area contributed by atoms with E-state index in [1.807, 2.05) is 18.2 Å². The van der Waals surface area contributed by atoms with Crippen molar-refractivity contribution in [1.29, 1.82) is 0 Å². The quantitative estimate of drug-likeness (QED) is 0.810. The third-order valence-electron chi connectivity index (χ3n) is 3.21. The highest BCUT2D eigenvalue weighted by atomic mass is 79.9. The van der Waals surface area contributed by atoms with Crippen molar-refractivity contribution in [3.63, 3.8) is 0 Å². The summed E-state index contributed by atoms with van der Waals surface area (Å²) in [5.74, 6) is -0.146. The van der Waals surface area contributed by atoms with Gasteiger partial charge in [0.2, 0.25) is 0 Å². The van der Waals surface area contributed by atoms with E-state index < -0.39 is 0 Å². The van der Waals surface area contributed by atoms with Crippen molar-refractivity contribution in [3.05, 3.63) is 63.6 Å². The van der Waals surface area contributed by atoms with Gasteiger partial charge in [0.15, 0.2) is 5.78 Å². The number of phenols is 1. The van der Waals surface area contributed by atoms with Gasteiger partial charge in [-0.25, -0.2) is 0 Å². The number of hydrogen-bond donors (Lipinski definition) is 1. The van der Waals surface area contributed by atoms with Gasteiger partial charge < -0.3 is 5.11 Å². The van der Waals surface area contributed by atoms with Crippen molar-refractivity contribution >= 4 is 21.7 Å².